The third-order valence-electron chi connectivity index (χ3n) is 1.90. The van der Waals surface area contributed by atoms with Crippen molar-refractivity contribution in [1.82, 2.24) is 0 Å². The first-order chi connectivity index (χ1) is 6.55. The summed E-state index contributed by atoms with van der Waals surface area (Å²) in [4.78, 5) is 0. The van der Waals surface area contributed by atoms with Gasteiger partial charge in [0.05, 0.1) is 0 Å². The molecule has 0 heterocycles. The molecule has 0 saturated carbocycles. The summed E-state index contributed by atoms with van der Waals surface area (Å²) in [6.07, 6.45) is 0.364. The van der Waals surface area contributed by atoms with Crippen LogP contribution in [-0.4, -0.2) is 18.3 Å². The maximum atomic E-state index is 11.1. The van der Waals surface area contributed by atoms with Gasteiger partial charge in [-0.25, -0.2) is 0 Å². The zero-order chi connectivity index (χ0) is 10.6. The highest BCUT2D eigenvalue weighted by atomic mass is 79.9. The number of halogens is 1. The maximum absolute atomic E-state index is 11.1. The Balaban J connectivity index is 3.02. The molecule has 3 nitrogen and oxygen atoms in total. The number of rotatable bonds is 4. The molecular weight excluding hydrogens is 268 g/mol. The van der Waals surface area contributed by atoms with Crippen LogP contribution in [0.3, 0.4) is 0 Å². The Labute approximate surface area is 92.0 Å². The molecule has 1 rings (SSSR count). The van der Waals surface area contributed by atoms with E-state index in [0.717, 1.165) is 0 Å². The minimum Gasteiger partial charge on any atom is -0.285 e. The quantitative estimate of drug-likeness (QED) is 0.680. The summed E-state index contributed by atoms with van der Waals surface area (Å²) in [7, 11) is -4.01. The van der Waals surface area contributed by atoms with Gasteiger partial charge in [0.15, 0.2) is 0 Å². The standard InChI is InChI=1S/C9H11BrO3S/c10-7-6-9(14(11,12)13)8-4-2-1-3-5-8/h1-5,9H,6-7H2,(H,11,12,13). The molecule has 0 aromatic heterocycles. The number of hydrogen-bond acceptors (Lipinski definition) is 2. The van der Waals surface area contributed by atoms with Crippen LogP contribution in [0.25, 0.3) is 0 Å². The molecule has 0 aliphatic rings. The molecule has 1 N–H and O–H groups in total. The second-order valence-electron chi connectivity index (χ2n) is 2.89. The van der Waals surface area contributed by atoms with E-state index in [-0.39, 0.29) is 0 Å². The first kappa shape index (κ1) is 11.7. The average Bonchev–Trinajstić information content (AvgIpc) is 2.14. The second-order valence-corrected chi connectivity index (χ2v) is 5.28. The third-order valence-corrected chi connectivity index (χ3v) is 3.59. The van der Waals surface area contributed by atoms with Gasteiger partial charge < -0.3 is 0 Å². The fourth-order valence-electron chi connectivity index (χ4n) is 1.25. The topological polar surface area (TPSA) is 54.4 Å². The van der Waals surface area contributed by atoms with Gasteiger partial charge in [0, 0.05) is 5.33 Å². The van der Waals surface area contributed by atoms with Gasteiger partial charge in [-0.1, -0.05) is 46.3 Å². The molecule has 0 aliphatic heterocycles. The first-order valence-electron chi connectivity index (χ1n) is 4.13. The second kappa shape index (κ2) is 4.91. The van der Waals surface area contributed by atoms with Gasteiger partial charge in [-0.3, -0.25) is 4.55 Å². The summed E-state index contributed by atoms with van der Waals surface area (Å²) in [6, 6.07) is 8.70. The minimum atomic E-state index is -4.01. The van der Waals surface area contributed by atoms with Crippen LogP contribution in [0.1, 0.15) is 17.2 Å². The van der Waals surface area contributed by atoms with Crippen molar-refractivity contribution >= 4 is 26.0 Å². The lowest BCUT2D eigenvalue weighted by atomic mass is 10.1. The molecule has 0 bridgehead atoms. The van der Waals surface area contributed by atoms with Crippen LogP contribution >= 0.6 is 15.9 Å². The Morgan fingerprint density at radius 1 is 1.29 bits per heavy atom. The normalized spacial score (nSPS) is 13.9. The fraction of sp³-hybridized carbons (Fsp3) is 0.333. The molecule has 14 heavy (non-hydrogen) atoms. The molecule has 0 fully saturated rings. The van der Waals surface area contributed by atoms with E-state index in [0.29, 0.717) is 17.3 Å². The van der Waals surface area contributed by atoms with Crippen molar-refractivity contribution in [2.45, 2.75) is 11.7 Å². The van der Waals surface area contributed by atoms with Gasteiger partial charge in [-0.05, 0) is 12.0 Å². The Hall–Kier alpha value is -0.390. The van der Waals surface area contributed by atoms with E-state index in [1.165, 1.54) is 0 Å². The van der Waals surface area contributed by atoms with Gasteiger partial charge in [-0.15, -0.1) is 0 Å². The molecule has 1 aromatic rings. The Morgan fingerprint density at radius 3 is 2.29 bits per heavy atom. The summed E-state index contributed by atoms with van der Waals surface area (Å²) < 4.78 is 31.1. The zero-order valence-electron chi connectivity index (χ0n) is 7.43. The molecular formula is C9H11BrO3S. The van der Waals surface area contributed by atoms with Gasteiger partial charge in [0.1, 0.15) is 5.25 Å². The summed E-state index contributed by atoms with van der Waals surface area (Å²) in [5.74, 6) is 0. The highest BCUT2D eigenvalue weighted by Gasteiger charge is 2.23. The maximum Gasteiger partial charge on any atom is 0.272 e. The van der Waals surface area contributed by atoms with Crippen LogP contribution in [0.4, 0.5) is 0 Å². The zero-order valence-corrected chi connectivity index (χ0v) is 9.83. The van der Waals surface area contributed by atoms with E-state index in [1.54, 1.807) is 30.3 Å². The summed E-state index contributed by atoms with van der Waals surface area (Å²) in [6.45, 7) is 0. The van der Waals surface area contributed by atoms with Crippen molar-refractivity contribution in [2.75, 3.05) is 5.33 Å². The minimum absolute atomic E-state index is 0.364. The predicted octanol–water partition coefficient (Wildman–Crippen LogP) is 2.40. The Morgan fingerprint density at radius 2 is 1.86 bits per heavy atom. The molecule has 5 heteroatoms. The van der Waals surface area contributed by atoms with Crippen molar-refractivity contribution < 1.29 is 13.0 Å². The molecule has 1 unspecified atom stereocenters. The van der Waals surface area contributed by atoms with Crippen LogP contribution in [0.2, 0.25) is 0 Å². The lowest BCUT2D eigenvalue weighted by molar-refractivity contribution is 0.467. The summed E-state index contributed by atoms with van der Waals surface area (Å²) >= 11 is 3.16. The smallest absolute Gasteiger partial charge is 0.272 e. The predicted molar refractivity (Wildman–Crippen MR) is 59.1 cm³/mol. The Bertz CT molecular complexity index is 374. The Kier molecular flexibility index (Phi) is 4.10. The van der Waals surface area contributed by atoms with Gasteiger partial charge >= 0.3 is 0 Å². The number of alkyl halides is 1. The first-order valence-corrected chi connectivity index (χ1v) is 6.75. The van der Waals surface area contributed by atoms with E-state index < -0.39 is 15.4 Å². The number of benzene rings is 1. The van der Waals surface area contributed by atoms with Crippen molar-refractivity contribution in [1.29, 1.82) is 0 Å². The highest BCUT2D eigenvalue weighted by molar-refractivity contribution is 9.09. The van der Waals surface area contributed by atoms with Crippen LogP contribution in [0, 0.1) is 0 Å². The molecule has 78 valence electrons. The van der Waals surface area contributed by atoms with Gasteiger partial charge in [0.2, 0.25) is 0 Å². The fourth-order valence-corrected chi connectivity index (χ4v) is 2.93. The lowest BCUT2D eigenvalue weighted by Crippen LogP contribution is -2.12. The molecule has 0 spiro atoms. The van der Waals surface area contributed by atoms with Crippen molar-refractivity contribution in [3.8, 4) is 0 Å². The van der Waals surface area contributed by atoms with Gasteiger partial charge in [0.25, 0.3) is 10.1 Å². The molecule has 0 amide bonds. The molecule has 0 saturated heterocycles. The average molecular weight is 279 g/mol. The monoisotopic (exact) mass is 278 g/mol. The van der Waals surface area contributed by atoms with Crippen molar-refractivity contribution in [3.05, 3.63) is 35.9 Å². The van der Waals surface area contributed by atoms with E-state index in [1.807, 2.05) is 0 Å². The summed E-state index contributed by atoms with van der Waals surface area (Å²) in [5.41, 5.74) is 0.620. The SMILES string of the molecule is O=S(=O)(O)C(CCBr)c1ccccc1. The van der Waals surface area contributed by atoms with Crippen molar-refractivity contribution in [3.63, 3.8) is 0 Å². The van der Waals surface area contributed by atoms with Gasteiger partial charge in [-0.2, -0.15) is 8.42 Å². The molecule has 1 aromatic carbocycles. The third kappa shape index (κ3) is 3.08. The van der Waals surface area contributed by atoms with Crippen LogP contribution in [0.5, 0.6) is 0 Å². The van der Waals surface area contributed by atoms with E-state index >= 15 is 0 Å². The van der Waals surface area contributed by atoms with E-state index in [9.17, 15) is 8.42 Å². The molecule has 0 aliphatic carbocycles. The van der Waals surface area contributed by atoms with E-state index in [4.69, 9.17) is 4.55 Å². The number of hydrogen-bond donors (Lipinski definition) is 1. The van der Waals surface area contributed by atoms with Crippen LogP contribution in [-0.2, 0) is 10.1 Å². The van der Waals surface area contributed by atoms with Crippen LogP contribution < -0.4 is 0 Å². The van der Waals surface area contributed by atoms with Crippen LogP contribution in [0.15, 0.2) is 30.3 Å². The molecule has 1 atom stereocenters. The summed E-state index contributed by atoms with van der Waals surface area (Å²) in [5, 5.41) is -0.296. The van der Waals surface area contributed by atoms with Crippen molar-refractivity contribution in [2.24, 2.45) is 0 Å². The highest BCUT2D eigenvalue weighted by Crippen LogP contribution is 2.25. The molecule has 0 radical (unpaired) electrons. The largest absolute Gasteiger partial charge is 0.285 e. The van der Waals surface area contributed by atoms with E-state index in [2.05, 4.69) is 15.9 Å². The lowest BCUT2D eigenvalue weighted by Gasteiger charge is -2.12.